The molecule has 1 aliphatic heterocycles. The number of carbonyl (C=O) groups excluding carboxylic acids is 3. The molecule has 6 nitrogen and oxygen atoms in total. The van der Waals surface area contributed by atoms with Crippen molar-refractivity contribution >= 4 is 17.8 Å². The highest BCUT2D eigenvalue weighted by Crippen LogP contribution is 2.23. The van der Waals surface area contributed by atoms with Crippen LogP contribution in [-0.2, 0) is 14.3 Å². The van der Waals surface area contributed by atoms with E-state index in [4.69, 9.17) is 4.74 Å². The first-order valence-corrected chi connectivity index (χ1v) is 11.3. The SMILES string of the molecule is CCOC(=O)CC(NC(=O)C1CCCN(C(=O)c2cc(C)cc(C)c2)C1)c1ccccc1. The maximum Gasteiger partial charge on any atom is 0.308 e. The van der Waals surface area contributed by atoms with Gasteiger partial charge in [0.15, 0.2) is 0 Å². The van der Waals surface area contributed by atoms with Crippen LogP contribution in [0.1, 0.15) is 59.3 Å². The molecule has 0 bridgehead atoms. The van der Waals surface area contributed by atoms with Gasteiger partial charge in [-0.15, -0.1) is 0 Å². The van der Waals surface area contributed by atoms with Crippen LogP contribution in [0.3, 0.4) is 0 Å². The summed E-state index contributed by atoms with van der Waals surface area (Å²) in [4.78, 5) is 40.1. The number of esters is 1. The van der Waals surface area contributed by atoms with Gasteiger partial charge >= 0.3 is 5.97 Å². The summed E-state index contributed by atoms with van der Waals surface area (Å²) in [5, 5.41) is 3.03. The third-order valence-electron chi connectivity index (χ3n) is 5.74. The molecule has 3 rings (SSSR count). The number of amides is 2. The van der Waals surface area contributed by atoms with Crippen LogP contribution in [0.25, 0.3) is 0 Å². The lowest BCUT2D eigenvalue weighted by atomic mass is 9.94. The summed E-state index contributed by atoms with van der Waals surface area (Å²) >= 11 is 0. The molecule has 2 unspecified atom stereocenters. The van der Waals surface area contributed by atoms with Crippen LogP contribution < -0.4 is 5.32 Å². The van der Waals surface area contributed by atoms with Crippen LogP contribution in [0.15, 0.2) is 48.5 Å². The highest BCUT2D eigenvalue weighted by atomic mass is 16.5. The molecule has 32 heavy (non-hydrogen) atoms. The fourth-order valence-corrected chi connectivity index (χ4v) is 4.27. The fourth-order valence-electron chi connectivity index (χ4n) is 4.27. The quantitative estimate of drug-likeness (QED) is 0.667. The van der Waals surface area contributed by atoms with Gasteiger partial charge in [0.25, 0.3) is 5.91 Å². The van der Waals surface area contributed by atoms with Crippen molar-refractivity contribution in [3.63, 3.8) is 0 Å². The number of hydrogen-bond acceptors (Lipinski definition) is 4. The van der Waals surface area contributed by atoms with Crippen molar-refractivity contribution in [1.82, 2.24) is 10.2 Å². The van der Waals surface area contributed by atoms with E-state index in [1.165, 1.54) is 0 Å². The number of nitrogens with one attached hydrogen (secondary N) is 1. The largest absolute Gasteiger partial charge is 0.466 e. The Balaban J connectivity index is 1.69. The fraction of sp³-hybridized carbons (Fsp3) is 0.423. The minimum Gasteiger partial charge on any atom is -0.466 e. The summed E-state index contributed by atoms with van der Waals surface area (Å²) in [6, 6.07) is 14.8. The van der Waals surface area contributed by atoms with E-state index < -0.39 is 6.04 Å². The molecule has 0 aliphatic carbocycles. The Bertz CT molecular complexity index is 937. The molecule has 2 aromatic rings. The van der Waals surface area contributed by atoms with Gasteiger partial charge in [-0.25, -0.2) is 0 Å². The van der Waals surface area contributed by atoms with Crippen LogP contribution in [0.4, 0.5) is 0 Å². The summed E-state index contributed by atoms with van der Waals surface area (Å²) in [6.07, 6.45) is 1.55. The maximum absolute atomic E-state index is 13.1. The lowest BCUT2D eigenvalue weighted by molar-refractivity contribution is -0.144. The maximum atomic E-state index is 13.1. The van der Waals surface area contributed by atoms with Crippen molar-refractivity contribution in [1.29, 1.82) is 0 Å². The second kappa shape index (κ2) is 10.9. The van der Waals surface area contributed by atoms with Crippen molar-refractivity contribution in [3.8, 4) is 0 Å². The molecule has 0 radical (unpaired) electrons. The Morgan fingerprint density at radius 1 is 1.09 bits per heavy atom. The summed E-state index contributed by atoms with van der Waals surface area (Å²) < 4.78 is 5.09. The Kier molecular flexibility index (Phi) is 8.03. The third kappa shape index (κ3) is 6.19. The zero-order valence-corrected chi connectivity index (χ0v) is 19.1. The smallest absolute Gasteiger partial charge is 0.308 e. The van der Waals surface area contributed by atoms with E-state index in [-0.39, 0.29) is 30.1 Å². The summed E-state index contributed by atoms with van der Waals surface area (Å²) in [5.74, 6) is -0.842. The lowest BCUT2D eigenvalue weighted by Gasteiger charge is -2.33. The number of likely N-dealkylation sites (tertiary alicyclic amines) is 1. The van der Waals surface area contributed by atoms with Crippen LogP contribution in [-0.4, -0.2) is 42.4 Å². The zero-order chi connectivity index (χ0) is 23.1. The average Bonchev–Trinajstić information content (AvgIpc) is 2.78. The number of rotatable bonds is 7. The number of benzene rings is 2. The van der Waals surface area contributed by atoms with E-state index >= 15 is 0 Å². The first-order valence-electron chi connectivity index (χ1n) is 11.3. The second-order valence-corrected chi connectivity index (χ2v) is 8.45. The molecule has 170 valence electrons. The monoisotopic (exact) mass is 436 g/mol. The molecule has 2 aromatic carbocycles. The van der Waals surface area contributed by atoms with Crippen LogP contribution in [0.2, 0.25) is 0 Å². The predicted molar refractivity (Wildman–Crippen MR) is 123 cm³/mol. The van der Waals surface area contributed by atoms with E-state index in [1.54, 1.807) is 11.8 Å². The molecule has 1 fully saturated rings. The van der Waals surface area contributed by atoms with Gasteiger partial charge < -0.3 is 15.0 Å². The molecule has 2 amide bonds. The molecular weight excluding hydrogens is 404 g/mol. The van der Waals surface area contributed by atoms with Crippen molar-refractivity contribution < 1.29 is 19.1 Å². The zero-order valence-electron chi connectivity index (χ0n) is 19.1. The lowest BCUT2D eigenvalue weighted by Crippen LogP contribution is -2.46. The summed E-state index contributed by atoms with van der Waals surface area (Å²) in [7, 11) is 0. The van der Waals surface area contributed by atoms with Gasteiger partial charge in [-0.05, 0) is 51.3 Å². The van der Waals surface area contributed by atoms with E-state index in [2.05, 4.69) is 5.32 Å². The molecule has 1 N–H and O–H groups in total. The van der Waals surface area contributed by atoms with Crippen molar-refractivity contribution in [2.45, 2.75) is 46.1 Å². The van der Waals surface area contributed by atoms with Gasteiger partial charge in [-0.3, -0.25) is 14.4 Å². The number of nitrogens with zero attached hydrogens (tertiary/aromatic N) is 1. The van der Waals surface area contributed by atoms with Gasteiger partial charge in [0.05, 0.1) is 25.0 Å². The van der Waals surface area contributed by atoms with Gasteiger partial charge in [0, 0.05) is 18.7 Å². The topological polar surface area (TPSA) is 75.7 Å². The molecule has 1 saturated heterocycles. The highest BCUT2D eigenvalue weighted by Gasteiger charge is 2.31. The number of aryl methyl sites for hydroxylation is 2. The average molecular weight is 437 g/mol. The van der Waals surface area contributed by atoms with Gasteiger partial charge in [0.2, 0.25) is 5.91 Å². The first kappa shape index (κ1) is 23.5. The minimum atomic E-state index is -0.465. The molecule has 6 heteroatoms. The molecule has 1 heterocycles. The molecular formula is C26H32N2O4. The van der Waals surface area contributed by atoms with E-state index in [9.17, 15) is 14.4 Å². The Hall–Kier alpha value is -3.15. The molecule has 0 aromatic heterocycles. The number of hydrogen-bond donors (Lipinski definition) is 1. The Labute approximate surface area is 189 Å². The minimum absolute atomic E-state index is 0.0413. The van der Waals surface area contributed by atoms with E-state index in [1.807, 2.05) is 62.4 Å². The van der Waals surface area contributed by atoms with E-state index in [0.29, 0.717) is 31.7 Å². The number of piperidine rings is 1. The van der Waals surface area contributed by atoms with Crippen LogP contribution >= 0.6 is 0 Å². The molecule has 1 aliphatic rings. The van der Waals surface area contributed by atoms with Crippen LogP contribution in [0.5, 0.6) is 0 Å². The van der Waals surface area contributed by atoms with E-state index in [0.717, 1.165) is 23.1 Å². The standard InChI is InChI=1S/C26H32N2O4/c1-4-32-24(29)16-23(20-9-6-5-7-10-20)27-25(30)21-11-8-12-28(17-21)26(31)22-14-18(2)13-19(3)15-22/h5-7,9-10,13-15,21,23H,4,8,11-12,16-17H2,1-3H3,(H,27,30). The Morgan fingerprint density at radius 3 is 2.44 bits per heavy atom. The number of carbonyl (C=O) groups is 3. The second-order valence-electron chi connectivity index (χ2n) is 8.45. The summed E-state index contributed by atoms with van der Waals surface area (Å²) in [5.41, 5.74) is 3.61. The number of ether oxygens (including phenoxy) is 1. The molecule has 2 atom stereocenters. The highest BCUT2D eigenvalue weighted by molar-refractivity contribution is 5.95. The molecule has 0 spiro atoms. The van der Waals surface area contributed by atoms with Gasteiger partial charge in [0.1, 0.15) is 0 Å². The van der Waals surface area contributed by atoms with Gasteiger partial charge in [-0.1, -0.05) is 47.5 Å². The summed E-state index contributed by atoms with van der Waals surface area (Å²) in [6.45, 7) is 7.02. The normalized spacial score (nSPS) is 16.8. The predicted octanol–water partition coefficient (Wildman–Crippen LogP) is 3.97. The van der Waals surface area contributed by atoms with Crippen molar-refractivity contribution in [3.05, 3.63) is 70.8 Å². The Morgan fingerprint density at radius 2 is 1.78 bits per heavy atom. The van der Waals surface area contributed by atoms with Gasteiger partial charge in [-0.2, -0.15) is 0 Å². The third-order valence-corrected chi connectivity index (χ3v) is 5.74. The van der Waals surface area contributed by atoms with Crippen LogP contribution in [0, 0.1) is 19.8 Å². The molecule has 0 saturated carbocycles. The first-order chi connectivity index (χ1) is 15.4. The van der Waals surface area contributed by atoms with Crippen molar-refractivity contribution in [2.75, 3.05) is 19.7 Å². The van der Waals surface area contributed by atoms with Crippen molar-refractivity contribution in [2.24, 2.45) is 5.92 Å².